The minimum absolute atomic E-state index is 0.0666. The van der Waals surface area contributed by atoms with Gasteiger partial charge >= 0.3 is 0 Å². The number of thiazole rings is 1. The molecule has 1 aliphatic rings. The summed E-state index contributed by atoms with van der Waals surface area (Å²) in [4.78, 5) is 21.9. The molecule has 1 aromatic carbocycles. The van der Waals surface area contributed by atoms with Crippen molar-refractivity contribution in [3.8, 4) is 22.4 Å². The SMILES string of the molecule is CC.Cc1cc(-c2cccc(-c3csc(NC(CNC(=O)c4ccn(C)c4)=C4CCC4)n3)c2)cc(C)n1. The van der Waals surface area contributed by atoms with Gasteiger partial charge in [-0.2, -0.15) is 0 Å². The Morgan fingerprint density at radius 2 is 1.73 bits per heavy atom. The molecule has 0 atom stereocenters. The van der Waals surface area contributed by atoms with Crippen molar-refractivity contribution in [1.29, 1.82) is 0 Å². The first kappa shape index (κ1) is 26.4. The summed E-state index contributed by atoms with van der Waals surface area (Å²) in [7, 11) is 1.91. The van der Waals surface area contributed by atoms with E-state index < -0.39 is 0 Å². The Bertz CT molecular complexity index is 1390. The molecule has 5 rings (SSSR count). The Morgan fingerprint density at radius 1 is 1.00 bits per heavy atom. The van der Waals surface area contributed by atoms with Gasteiger partial charge in [0.25, 0.3) is 5.91 Å². The van der Waals surface area contributed by atoms with Crippen LogP contribution in [0, 0.1) is 13.8 Å². The summed E-state index contributed by atoms with van der Waals surface area (Å²) in [6.45, 7) is 8.51. The number of amides is 1. The zero-order chi connectivity index (χ0) is 26.4. The standard InChI is InChI=1S/C28H29N5OS.C2H6/c1-18-12-24(13-19(2)30-18)21-8-5-9-22(14-21)26-17-35-28(32-26)31-25(20-6-4-7-20)15-29-27(34)23-10-11-33(3)16-23;1-2/h5,8-14,16-17H,4,6-7,15H2,1-3H3,(H,29,34)(H,31,32);1-2H3. The van der Waals surface area contributed by atoms with Gasteiger partial charge in [0, 0.05) is 47.5 Å². The second kappa shape index (κ2) is 12.0. The fraction of sp³-hybridized carbons (Fsp3) is 0.300. The van der Waals surface area contributed by atoms with Gasteiger partial charge < -0.3 is 15.2 Å². The van der Waals surface area contributed by atoms with E-state index in [1.807, 2.05) is 57.8 Å². The number of hydrogen-bond donors (Lipinski definition) is 2. The molecule has 1 fully saturated rings. The van der Waals surface area contributed by atoms with Gasteiger partial charge in [-0.25, -0.2) is 4.98 Å². The Morgan fingerprint density at radius 3 is 2.38 bits per heavy atom. The van der Waals surface area contributed by atoms with Crippen LogP contribution in [0.2, 0.25) is 0 Å². The van der Waals surface area contributed by atoms with Gasteiger partial charge in [0.2, 0.25) is 0 Å². The van der Waals surface area contributed by atoms with Crippen LogP contribution in [0.3, 0.4) is 0 Å². The normalized spacial score (nSPS) is 12.3. The number of nitrogens with zero attached hydrogens (tertiary/aromatic N) is 3. The molecule has 0 radical (unpaired) electrons. The maximum absolute atomic E-state index is 12.5. The summed E-state index contributed by atoms with van der Waals surface area (Å²) in [6, 6.07) is 14.5. The number of benzene rings is 1. The Kier molecular flexibility index (Phi) is 8.56. The number of carbonyl (C=O) groups excluding carboxylic acids is 1. The highest BCUT2D eigenvalue weighted by atomic mass is 32.1. The van der Waals surface area contributed by atoms with Crippen LogP contribution in [0.25, 0.3) is 22.4 Å². The molecule has 0 unspecified atom stereocenters. The van der Waals surface area contributed by atoms with Crippen LogP contribution in [0.1, 0.15) is 54.9 Å². The number of nitrogens with one attached hydrogen (secondary N) is 2. The van der Waals surface area contributed by atoms with Crippen molar-refractivity contribution < 1.29 is 4.79 Å². The second-order valence-corrected chi connectivity index (χ2v) is 9.92. The van der Waals surface area contributed by atoms with E-state index in [1.165, 1.54) is 12.0 Å². The first-order valence-corrected chi connectivity index (χ1v) is 13.7. The highest BCUT2D eigenvalue weighted by Gasteiger charge is 2.17. The molecule has 37 heavy (non-hydrogen) atoms. The van der Waals surface area contributed by atoms with Crippen molar-refractivity contribution in [3.05, 3.63) is 88.5 Å². The van der Waals surface area contributed by atoms with Gasteiger partial charge in [0.15, 0.2) is 5.13 Å². The van der Waals surface area contributed by atoms with Gasteiger partial charge in [-0.1, -0.05) is 32.0 Å². The van der Waals surface area contributed by atoms with Crippen LogP contribution in [0.15, 0.2) is 71.5 Å². The van der Waals surface area contributed by atoms with Gasteiger partial charge in [-0.05, 0) is 74.1 Å². The van der Waals surface area contributed by atoms with E-state index in [0.717, 1.165) is 57.4 Å². The van der Waals surface area contributed by atoms with Crippen LogP contribution >= 0.6 is 11.3 Å². The van der Waals surface area contributed by atoms with E-state index in [4.69, 9.17) is 4.98 Å². The third kappa shape index (κ3) is 6.54. The summed E-state index contributed by atoms with van der Waals surface area (Å²) in [6.07, 6.45) is 7.02. The summed E-state index contributed by atoms with van der Waals surface area (Å²) < 4.78 is 1.88. The quantitative estimate of drug-likeness (QED) is 0.276. The number of carbonyl (C=O) groups is 1. The number of pyridine rings is 1. The summed E-state index contributed by atoms with van der Waals surface area (Å²) >= 11 is 1.58. The average Bonchev–Trinajstić information content (AvgIpc) is 3.51. The molecule has 6 nitrogen and oxygen atoms in total. The topological polar surface area (TPSA) is 71.8 Å². The predicted octanol–water partition coefficient (Wildman–Crippen LogP) is 7.13. The molecule has 1 saturated carbocycles. The van der Waals surface area contributed by atoms with Crippen molar-refractivity contribution in [3.63, 3.8) is 0 Å². The van der Waals surface area contributed by atoms with Crippen molar-refractivity contribution >= 4 is 22.4 Å². The molecule has 3 aromatic heterocycles. The minimum Gasteiger partial charge on any atom is -0.356 e. The molecular weight excluding hydrogens is 478 g/mol. The number of hydrogen-bond acceptors (Lipinski definition) is 5. The molecular formula is C30H35N5OS. The molecule has 4 aromatic rings. The van der Waals surface area contributed by atoms with E-state index in [0.29, 0.717) is 12.1 Å². The van der Waals surface area contributed by atoms with Gasteiger partial charge in [0.05, 0.1) is 17.8 Å². The van der Waals surface area contributed by atoms with Crippen LogP contribution in [-0.4, -0.2) is 27.0 Å². The van der Waals surface area contributed by atoms with Gasteiger partial charge in [-0.3, -0.25) is 9.78 Å². The monoisotopic (exact) mass is 513 g/mol. The van der Waals surface area contributed by atoms with Crippen LogP contribution in [-0.2, 0) is 7.05 Å². The predicted molar refractivity (Wildman–Crippen MR) is 154 cm³/mol. The molecule has 1 aliphatic carbocycles. The number of aromatic nitrogens is 3. The molecule has 3 heterocycles. The van der Waals surface area contributed by atoms with E-state index in [9.17, 15) is 4.79 Å². The van der Waals surface area contributed by atoms with Crippen molar-refractivity contribution in [2.75, 3.05) is 11.9 Å². The van der Waals surface area contributed by atoms with Gasteiger partial charge in [0.1, 0.15) is 0 Å². The molecule has 0 bridgehead atoms. The Hall–Kier alpha value is -3.71. The fourth-order valence-corrected chi connectivity index (χ4v) is 5.02. The van der Waals surface area contributed by atoms with Crippen molar-refractivity contribution in [2.45, 2.75) is 47.0 Å². The van der Waals surface area contributed by atoms with Crippen molar-refractivity contribution in [2.24, 2.45) is 7.05 Å². The Labute approximate surface area is 223 Å². The van der Waals surface area contributed by atoms with Gasteiger partial charge in [-0.15, -0.1) is 11.3 Å². The smallest absolute Gasteiger partial charge is 0.253 e. The van der Waals surface area contributed by atoms with Crippen molar-refractivity contribution in [1.82, 2.24) is 19.9 Å². The number of rotatable bonds is 7. The lowest BCUT2D eigenvalue weighted by Gasteiger charge is -2.22. The second-order valence-electron chi connectivity index (χ2n) is 9.07. The van der Waals surface area contributed by atoms with Crippen LogP contribution in [0.4, 0.5) is 5.13 Å². The molecule has 0 saturated heterocycles. The summed E-state index contributed by atoms with van der Waals surface area (Å²) in [5.74, 6) is -0.0666. The fourth-order valence-electron chi connectivity index (χ4n) is 4.27. The zero-order valence-electron chi connectivity index (χ0n) is 22.3. The molecule has 1 amide bonds. The number of aryl methyl sites for hydroxylation is 3. The molecule has 192 valence electrons. The molecule has 0 aliphatic heterocycles. The number of allylic oxidation sites excluding steroid dienone is 1. The van der Waals surface area contributed by atoms with Crippen LogP contribution < -0.4 is 10.6 Å². The summed E-state index contributed by atoms with van der Waals surface area (Å²) in [5.41, 5.74) is 9.45. The molecule has 0 spiro atoms. The third-order valence-corrected chi connectivity index (χ3v) is 7.00. The lowest BCUT2D eigenvalue weighted by molar-refractivity contribution is 0.0957. The first-order valence-electron chi connectivity index (χ1n) is 12.8. The van der Waals surface area contributed by atoms with E-state index in [2.05, 4.69) is 57.4 Å². The molecule has 7 heteroatoms. The zero-order valence-corrected chi connectivity index (χ0v) is 23.1. The molecule has 2 N–H and O–H groups in total. The third-order valence-electron chi connectivity index (χ3n) is 6.24. The lowest BCUT2D eigenvalue weighted by atomic mass is 9.90. The maximum atomic E-state index is 12.5. The lowest BCUT2D eigenvalue weighted by Crippen LogP contribution is -2.29. The average molecular weight is 514 g/mol. The largest absolute Gasteiger partial charge is 0.356 e. The summed E-state index contributed by atoms with van der Waals surface area (Å²) in [5, 5.41) is 9.47. The Balaban J connectivity index is 0.00000156. The van der Waals surface area contributed by atoms with E-state index in [1.54, 1.807) is 11.3 Å². The highest BCUT2D eigenvalue weighted by Crippen LogP contribution is 2.32. The van der Waals surface area contributed by atoms with Crippen LogP contribution in [0.5, 0.6) is 0 Å². The van der Waals surface area contributed by atoms with E-state index in [-0.39, 0.29) is 5.91 Å². The highest BCUT2D eigenvalue weighted by molar-refractivity contribution is 7.14. The number of anilines is 1. The maximum Gasteiger partial charge on any atom is 0.253 e. The first-order chi connectivity index (χ1) is 17.9. The minimum atomic E-state index is -0.0666. The van der Waals surface area contributed by atoms with E-state index >= 15 is 0 Å².